The van der Waals surface area contributed by atoms with Gasteiger partial charge in [0, 0.05) is 25.8 Å². The number of imidazole rings is 1. The minimum atomic E-state index is -3.91. The predicted molar refractivity (Wildman–Crippen MR) is 194 cm³/mol. The van der Waals surface area contributed by atoms with Crippen LogP contribution < -0.4 is 5.32 Å². The van der Waals surface area contributed by atoms with E-state index >= 15 is 0 Å². The van der Waals surface area contributed by atoms with Crippen molar-refractivity contribution in [3.8, 4) is 0 Å². The van der Waals surface area contributed by atoms with Crippen LogP contribution in [-0.2, 0) is 54.6 Å². The third-order valence-corrected chi connectivity index (χ3v) is 12.7. The number of nitrogens with one attached hydrogen (secondary N) is 1. The number of aromatic nitrogens is 2. The Morgan fingerprint density at radius 3 is 2.15 bits per heavy atom. The number of esters is 1. The average Bonchev–Trinajstić information content (AvgIpc) is 3.80. The van der Waals surface area contributed by atoms with E-state index in [9.17, 15) is 31.2 Å². The van der Waals surface area contributed by atoms with Gasteiger partial charge in [0.1, 0.15) is 18.4 Å². The summed E-state index contributed by atoms with van der Waals surface area (Å²) in [5.41, 5.74) is 2.07. The lowest BCUT2D eigenvalue weighted by Gasteiger charge is -2.34. The Hall–Kier alpha value is -4.12. The molecular weight excluding hydrogens is 725 g/mol. The van der Waals surface area contributed by atoms with Crippen molar-refractivity contribution in [1.29, 1.82) is 0 Å². The Morgan fingerprint density at radius 1 is 0.887 bits per heavy atom. The Bertz CT molecular complexity index is 1940. The topological polar surface area (TPSA) is 180 Å². The van der Waals surface area contributed by atoms with Gasteiger partial charge >= 0.3 is 5.97 Å². The predicted octanol–water partition coefficient (Wildman–Crippen LogP) is 3.69. The van der Waals surface area contributed by atoms with Gasteiger partial charge in [-0.3, -0.25) is 13.8 Å². The fraction of sp³-hybridized carbons (Fsp3) is 0.514. The summed E-state index contributed by atoms with van der Waals surface area (Å²) in [4.78, 5) is 46.3. The molecule has 1 aromatic heterocycles. The number of carbonyl (C=O) groups excluding carboxylic acids is 3. The molecular formula is C37H48N4O10S2. The van der Waals surface area contributed by atoms with Crippen molar-refractivity contribution in [2.75, 3.05) is 26.9 Å². The lowest BCUT2D eigenvalue weighted by Crippen LogP contribution is -2.55. The molecule has 5 rings (SSSR count). The Kier molecular flexibility index (Phi) is 13.5. The molecule has 2 aromatic carbocycles. The molecule has 14 nitrogen and oxygen atoms in total. The highest BCUT2D eigenvalue weighted by molar-refractivity contribution is 7.90. The van der Waals surface area contributed by atoms with Crippen LogP contribution in [0.3, 0.4) is 0 Å². The lowest BCUT2D eigenvalue weighted by molar-refractivity contribution is -0.152. The molecule has 0 unspecified atom stereocenters. The summed E-state index contributed by atoms with van der Waals surface area (Å²) in [6.07, 6.45) is 7.05. The van der Waals surface area contributed by atoms with Crippen molar-refractivity contribution in [3.05, 3.63) is 77.9 Å². The van der Waals surface area contributed by atoms with Crippen LogP contribution in [0, 0.1) is 19.8 Å². The zero-order valence-electron chi connectivity index (χ0n) is 30.3. The van der Waals surface area contributed by atoms with Crippen molar-refractivity contribution in [1.82, 2.24) is 19.2 Å². The molecule has 288 valence electrons. The summed E-state index contributed by atoms with van der Waals surface area (Å²) in [5.74, 6) is -1.66. The second-order valence-electron chi connectivity index (χ2n) is 13.7. The third-order valence-electron chi connectivity index (χ3n) is 9.71. The van der Waals surface area contributed by atoms with Gasteiger partial charge in [-0.05, 0) is 69.7 Å². The first-order valence-electron chi connectivity index (χ1n) is 17.9. The highest BCUT2D eigenvalue weighted by Crippen LogP contribution is 2.30. The number of likely N-dealkylation sites (tertiary alicyclic amines) is 1. The Balaban J connectivity index is 1.19. The minimum absolute atomic E-state index is 0.0226. The summed E-state index contributed by atoms with van der Waals surface area (Å²) in [7, 11) is -6.53. The Labute approximate surface area is 311 Å². The molecule has 1 aliphatic heterocycles. The summed E-state index contributed by atoms with van der Waals surface area (Å²) in [6, 6.07) is 11.0. The molecule has 3 aromatic rings. The molecule has 1 N–H and O–H groups in total. The van der Waals surface area contributed by atoms with Crippen LogP contribution in [-0.4, -0.2) is 93.5 Å². The van der Waals surface area contributed by atoms with Crippen LogP contribution in [0.5, 0.6) is 0 Å². The van der Waals surface area contributed by atoms with Gasteiger partial charge in [0.2, 0.25) is 11.8 Å². The SMILES string of the molecule is COC(=O)[C@@H]1C[C@@H](OCCCCOS(=O)(=O)c2ccc(C)cc2)CN1C(=O)[C@@H](NC(=O)Cc1cn(S(=O)(=O)c2ccc(C)cc2)cn1)C1CCCCC1. The second-order valence-corrected chi connectivity index (χ2v) is 17.1. The number of hydrogen-bond acceptors (Lipinski definition) is 11. The van der Waals surface area contributed by atoms with Crippen molar-refractivity contribution >= 4 is 37.9 Å². The first-order chi connectivity index (χ1) is 25.3. The fourth-order valence-corrected chi connectivity index (χ4v) is 8.83. The summed E-state index contributed by atoms with van der Waals surface area (Å²) >= 11 is 0. The molecule has 2 aliphatic rings. The van der Waals surface area contributed by atoms with E-state index in [-0.39, 0.29) is 54.0 Å². The van der Waals surface area contributed by atoms with Gasteiger partial charge in [0.05, 0.1) is 41.7 Å². The van der Waals surface area contributed by atoms with Crippen LogP contribution in [0.15, 0.2) is 70.8 Å². The average molecular weight is 773 g/mol. The summed E-state index contributed by atoms with van der Waals surface area (Å²) < 4.78 is 68.3. The third kappa shape index (κ3) is 10.3. The van der Waals surface area contributed by atoms with Crippen LogP contribution in [0.2, 0.25) is 0 Å². The van der Waals surface area contributed by atoms with Crippen LogP contribution in [0.1, 0.15) is 68.2 Å². The molecule has 2 amide bonds. The van der Waals surface area contributed by atoms with E-state index in [0.29, 0.717) is 12.8 Å². The normalized spacial score (nSPS) is 18.8. The maximum Gasteiger partial charge on any atom is 0.328 e. The summed E-state index contributed by atoms with van der Waals surface area (Å²) in [6.45, 7) is 4.06. The van der Waals surface area contributed by atoms with Gasteiger partial charge in [-0.1, -0.05) is 54.7 Å². The zero-order valence-corrected chi connectivity index (χ0v) is 31.9. The number of hydrogen-bond donors (Lipinski definition) is 1. The molecule has 1 saturated heterocycles. The molecule has 1 aliphatic carbocycles. The molecule has 3 atom stereocenters. The molecule has 16 heteroatoms. The first-order valence-corrected chi connectivity index (χ1v) is 20.7. The summed E-state index contributed by atoms with van der Waals surface area (Å²) in [5, 5.41) is 2.90. The molecule has 1 saturated carbocycles. The van der Waals surface area contributed by atoms with Crippen molar-refractivity contribution in [2.45, 2.75) is 99.6 Å². The fourth-order valence-electron chi connectivity index (χ4n) is 6.73. The second kappa shape index (κ2) is 17.8. The molecule has 2 heterocycles. The van der Waals surface area contributed by atoms with Crippen LogP contribution in [0.25, 0.3) is 0 Å². The highest BCUT2D eigenvalue weighted by Gasteiger charge is 2.45. The smallest absolute Gasteiger partial charge is 0.328 e. The van der Waals surface area contributed by atoms with Crippen molar-refractivity contribution < 1.29 is 44.9 Å². The zero-order chi connectivity index (χ0) is 38.2. The van der Waals surface area contributed by atoms with E-state index in [0.717, 1.165) is 53.5 Å². The van der Waals surface area contributed by atoms with E-state index in [2.05, 4.69) is 10.3 Å². The number of ether oxygens (including phenoxy) is 2. The maximum atomic E-state index is 14.2. The number of methoxy groups -OCH3 is 1. The molecule has 0 spiro atoms. The van der Waals surface area contributed by atoms with Gasteiger partial charge in [0.15, 0.2) is 0 Å². The molecule has 53 heavy (non-hydrogen) atoms. The van der Waals surface area contributed by atoms with E-state index in [4.69, 9.17) is 13.7 Å². The highest BCUT2D eigenvalue weighted by atomic mass is 32.2. The maximum absolute atomic E-state index is 14.2. The number of unbranched alkanes of at least 4 members (excludes halogenated alkanes) is 1. The quantitative estimate of drug-likeness (QED) is 0.128. The number of aryl methyl sites for hydroxylation is 2. The van der Waals surface area contributed by atoms with Crippen LogP contribution in [0.4, 0.5) is 0 Å². The molecule has 2 fully saturated rings. The number of amides is 2. The molecule has 0 bridgehead atoms. The minimum Gasteiger partial charge on any atom is -0.467 e. The number of nitrogens with zero attached hydrogens (tertiary/aromatic N) is 3. The van der Waals surface area contributed by atoms with Crippen molar-refractivity contribution in [2.24, 2.45) is 5.92 Å². The van der Waals surface area contributed by atoms with Gasteiger partial charge in [0.25, 0.3) is 20.1 Å². The number of carbonyl (C=O) groups is 3. The largest absolute Gasteiger partial charge is 0.467 e. The van der Waals surface area contributed by atoms with Gasteiger partial charge in [-0.25, -0.2) is 22.2 Å². The number of rotatable bonds is 16. The monoisotopic (exact) mass is 772 g/mol. The van der Waals surface area contributed by atoms with Crippen molar-refractivity contribution in [3.63, 3.8) is 0 Å². The van der Waals surface area contributed by atoms with E-state index in [1.807, 2.05) is 13.8 Å². The standard InChI is InChI=1S/C37H48N4O10S2/c1-26-11-15-31(16-12-26)52(45,46)40-23-29(38-25-40)21-34(42)39-35(28-9-5-4-6-10-28)36(43)41-24-30(22-33(41)37(44)49-3)50-19-7-8-20-51-53(47,48)32-17-13-27(2)14-18-32/h11-18,23,25,28,30,33,35H,4-10,19-22,24H2,1-3H3,(H,39,42)/t30-,33+,35+/m1/s1. The van der Waals surface area contributed by atoms with Gasteiger partial charge in [-0.2, -0.15) is 8.42 Å². The van der Waals surface area contributed by atoms with Gasteiger partial charge in [-0.15, -0.1) is 0 Å². The van der Waals surface area contributed by atoms with Gasteiger partial charge < -0.3 is 19.7 Å². The van der Waals surface area contributed by atoms with E-state index < -0.39 is 56.1 Å². The first kappa shape index (κ1) is 40.1. The Morgan fingerprint density at radius 2 is 1.51 bits per heavy atom. The van der Waals surface area contributed by atoms with Crippen LogP contribution >= 0.6 is 0 Å². The van der Waals surface area contributed by atoms with E-state index in [1.165, 1.54) is 42.5 Å². The molecule has 0 radical (unpaired) electrons. The lowest BCUT2D eigenvalue weighted by atomic mass is 9.83. The van der Waals surface area contributed by atoms with E-state index in [1.54, 1.807) is 24.3 Å². The number of benzene rings is 2.